The molecule has 6 nitrogen and oxygen atoms in total. The molecule has 1 aromatic carbocycles. The Morgan fingerprint density at radius 3 is 2.58 bits per heavy atom. The Morgan fingerprint density at radius 1 is 1.12 bits per heavy atom. The van der Waals surface area contributed by atoms with E-state index in [0.29, 0.717) is 18.1 Å². The van der Waals surface area contributed by atoms with Gasteiger partial charge in [-0.2, -0.15) is 0 Å². The van der Waals surface area contributed by atoms with Crippen LogP contribution in [-0.4, -0.2) is 21.3 Å². The Balaban J connectivity index is 2.10. The molecule has 1 aromatic heterocycles. The molecular formula is C18H20N2O4. The van der Waals surface area contributed by atoms with Crippen LogP contribution in [0.15, 0.2) is 33.9 Å². The number of ether oxygens (including phenoxy) is 2. The first-order chi connectivity index (χ1) is 11.3. The van der Waals surface area contributed by atoms with Gasteiger partial charge in [0.2, 0.25) is 5.88 Å². The molecule has 126 valence electrons. The summed E-state index contributed by atoms with van der Waals surface area (Å²) in [5.74, 6) is 0.994. The fourth-order valence-corrected chi connectivity index (χ4v) is 3.89. The van der Waals surface area contributed by atoms with Crippen LogP contribution in [0, 0.1) is 5.92 Å². The van der Waals surface area contributed by atoms with E-state index < -0.39 is 5.60 Å². The molecule has 2 aromatic rings. The van der Waals surface area contributed by atoms with E-state index in [1.54, 1.807) is 7.05 Å². The molecule has 0 bridgehead atoms. The second-order valence-electron chi connectivity index (χ2n) is 7.06. The molecule has 4 rings (SSSR count). The van der Waals surface area contributed by atoms with Crippen molar-refractivity contribution >= 4 is 0 Å². The first-order valence-electron chi connectivity index (χ1n) is 8.03. The molecule has 0 spiro atoms. The third-order valence-corrected chi connectivity index (χ3v) is 5.28. The van der Waals surface area contributed by atoms with E-state index in [1.807, 2.05) is 38.1 Å². The third-order valence-electron chi connectivity index (χ3n) is 5.28. The van der Waals surface area contributed by atoms with Gasteiger partial charge in [-0.05, 0) is 19.9 Å². The zero-order chi connectivity index (χ0) is 17.2. The number of rotatable bonds is 0. The van der Waals surface area contributed by atoms with Crippen molar-refractivity contribution in [3.8, 4) is 11.6 Å². The number of hydrogen-bond donors (Lipinski definition) is 0. The molecule has 2 aliphatic heterocycles. The van der Waals surface area contributed by atoms with Gasteiger partial charge in [0, 0.05) is 31.5 Å². The van der Waals surface area contributed by atoms with Crippen molar-refractivity contribution in [1.82, 2.24) is 9.13 Å². The second kappa shape index (κ2) is 4.75. The molecule has 0 saturated heterocycles. The molecule has 0 aliphatic carbocycles. The smallest absolute Gasteiger partial charge is 0.333 e. The van der Waals surface area contributed by atoms with Gasteiger partial charge in [-0.15, -0.1) is 0 Å². The van der Waals surface area contributed by atoms with E-state index in [0.717, 1.165) is 15.9 Å². The monoisotopic (exact) mass is 328 g/mol. The summed E-state index contributed by atoms with van der Waals surface area (Å²) >= 11 is 0. The maximum atomic E-state index is 12.9. The number of benzene rings is 1. The average Bonchev–Trinajstić information content (AvgIpc) is 2.57. The number of fused-ring (bicyclic) bond motifs is 5. The predicted molar refractivity (Wildman–Crippen MR) is 88.9 cm³/mol. The summed E-state index contributed by atoms with van der Waals surface area (Å²) in [6, 6.07) is 7.77. The van der Waals surface area contributed by atoms with E-state index >= 15 is 0 Å². The van der Waals surface area contributed by atoms with E-state index in [-0.39, 0.29) is 23.1 Å². The molecule has 2 aliphatic rings. The summed E-state index contributed by atoms with van der Waals surface area (Å²) in [5, 5.41) is 0. The third kappa shape index (κ3) is 1.82. The molecule has 0 amide bonds. The molecule has 0 unspecified atom stereocenters. The topological polar surface area (TPSA) is 62.5 Å². The van der Waals surface area contributed by atoms with Crippen molar-refractivity contribution < 1.29 is 9.47 Å². The van der Waals surface area contributed by atoms with Gasteiger partial charge >= 0.3 is 5.69 Å². The number of para-hydroxylation sites is 1. The predicted octanol–water partition coefficient (Wildman–Crippen LogP) is 1.40. The Labute approximate surface area is 139 Å². The van der Waals surface area contributed by atoms with Crippen molar-refractivity contribution in [2.24, 2.45) is 20.0 Å². The molecule has 6 heteroatoms. The van der Waals surface area contributed by atoms with Crippen molar-refractivity contribution in [3.05, 3.63) is 56.2 Å². The normalized spacial score (nSPS) is 23.3. The number of hydrogen-bond acceptors (Lipinski definition) is 4. The lowest BCUT2D eigenvalue weighted by atomic mass is 9.71. The Hall–Kier alpha value is -2.50. The first kappa shape index (κ1) is 15.1. The molecule has 2 atom stereocenters. The van der Waals surface area contributed by atoms with Crippen LogP contribution in [0.3, 0.4) is 0 Å². The highest BCUT2D eigenvalue weighted by atomic mass is 16.5. The van der Waals surface area contributed by atoms with Gasteiger partial charge < -0.3 is 9.47 Å². The number of aromatic nitrogens is 2. The fourth-order valence-electron chi connectivity index (χ4n) is 3.89. The SMILES string of the molecule is Cn1c2c(c(=O)n(C)c1=O)[C@@H]1c3ccccc3OC[C@@H]1C(C)(C)O2. The van der Waals surface area contributed by atoms with Crippen LogP contribution < -0.4 is 20.7 Å². The molecular weight excluding hydrogens is 308 g/mol. The highest BCUT2D eigenvalue weighted by Crippen LogP contribution is 2.50. The van der Waals surface area contributed by atoms with Gasteiger partial charge in [-0.3, -0.25) is 13.9 Å². The largest absolute Gasteiger partial charge is 0.493 e. The zero-order valence-electron chi connectivity index (χ0n) is 14.2. The maximum Gasteiger partial charge on any atom is 0.333 e. The molecule has 0 fully saturated rings. The molecule has 0 radical (unpaired) electrons. The number of nitrogens with zero attached hydrogens (tertiary/aromatic N) is 2. The highest BCUT2D eigenvalue weighted by molar-refractivity contribution is 5.48. The van der Waals surface area contributed by atoms with Crippen LogP contribution in [0.2, 0.25) is 0 Å². The highest BCUT2D eigenvalue weighted by Gasteiger charge is 2.50. The van der Waals surface area contributed by atoms with Crippen LogP contribution in [-0.2, 0) is 14.1 Å². The minimum Gasteiger partial charge on any atom is -0.493 e. The van der Waals surface area contributed by atoms with Gasteiger partial charge in [0.15, 0.2) is 0 Å². The lowest BCUT2D eigenvalue weighted by Crippen LogP contribution is -2.54. The van der Waals surface area contributed by atoms with Crippen LogP contribution in [0.25, 0.3) is 0 Å². The van der Waals surface area contributed by atoms with Crippen LogP contribution >= 0.6 is 0 Å². The molecule has 3 heterocycles. The van der Waals surface area contributed by atoms with Gasteiger partial charge in [-0.1, -0.05) is 18.2 Å². The Kier molecular flexibility index (Phi) is 2.98. The second-order valence-corrected chi connectivity index (χ2v) is 7.06. The maximum absolute atomic E-state index is 12.9. The van der Waals surface area contributed by atoms with Gasteiger partial charge in [0.25, 0.3) is 5.56 Å². The lowest BCUT2D eigenvalue weighted by molar-refractivity contribution is -0.0220. The van der Waals surface area contributed by atoms with E-state index in [9.17, 15) is 9.59 Å². The van der Waals surface area contributed by atoms with Crippen LogP contribution in [0.4, 0.5) is 0 Å². The molecule has 24 heavy (non-hydrogen) atoms. The van der Waals surface area contributed by atoms with Crippen LogP contribution in [0.5, 0.6) is 11.6 Å². The molecule has 0 saturated carbocycles. The quantitative estimate of drug-likeness (QED) is 0.733. The van der Waals surface area contributed by atoms with Gasteiger partial charge in [0.1, 0.15) is 11.4 Å². The summed E-state index contributed by atoms with van der Waals surface area (Å²) in [6.07, 6.45) is 0. The summed E-state index contributed by atoms with van der Waals surface area (Å²) in [7, 11) is 3.15. The van der Waals surface area contributed by atoms with E-state index in [1.165, 1.54) is 11.6 Å². The van der Waals surface area contributed by atoms with Crippen molar-refractivity contribution in [2.75, 3.05) is 6.61 Å². The average molecular weight is 328 g/mol. The van der Waals surface area contributed by atoms with Gasteiger partial charge in [-0.25, -0.2) is 4.79 Å². The summed E-state index contributed by atoms with van der Waals surface area (Å²) < 4.78 is 14.6. The minimum atomic E-state index is -0.554. The standard InChI is InChI=1S/C18H20N2O4/c1-18(2)11-9-23-12-8-6-5-7-10(12)13(11)14-15(21)19(3)17(22)20(4)16(14)24-18/h5-8,11,13H,9H2,1-4H3/t11-,13+/m0/s1. The van der Waals surface area contributed by atoms with Gasteiger partial charge in [0.05, 0.1) is 12.2 Å². The van der Waals surface area contributed by atoms with Crippen LogP contribution in [0.1, 0.15) is 30.9 Å². The van der Waals surface area contributed by atoms with E-state index in [2.05, 4.69) is 0 Å². The zero-order valence-corrected chi connectivity index (χ0v) is 14.2. The fraction of sp³-hybridized carbons (Fsp3) is 0.444. The molecule has 0 N–H and O–H groups in total. The lowest BCUT2D eigenvalue weighted by Gasteiger charge is -2.47. The first-order valence-corrected chi connectivity index (χ1v) is 8.03. The van der Waals surface area contributed by atoms with E-state index in [4.69, 9.17) is 9.47 Å². The summed E-state index contributed by atoms with van der Waals surface area (Å²) in [6.45, 7) is 4.43. The Bertz CT molecular complexity index is 954. The summed E-state index contributed by atoms with van der Waals surface area (Å²) in [4.78, 5) is 25.2. The summed E-state index contributed by atoms with van der Waals surface area (Å²) in [5.41, 5.74) is 0.285. The van der Waals surface area contributed by atoms with Crippen molar-refractivity contribution in [3.63, 3.8) is 0 Å². The minimum absolute atomic E-state index is 0.00916. The Morgan fingerprint density at radius 2 is 1.83 bits per heavy atom. The van der Waals surface area contributed by atoms with Crippen molar-refractivity contribution in [1.29, 1.82) is 0 Å². The van der Waals surface area contributed by atoms with Crippen molar-refractivity contribution in [2.45, 2.75) is 25.4 Å².